The van der Waals surface area contributed by atoms with Crippen molar-refractivity contribution < 1.29 is 32.2 Å². The second-order valence-corrected chi connectivity index (χ2v) is 11.2. The van der Waals surface area contributed by atoms with Crippen LogP contribution in [0.2, 0.25) is 0 Å². The highest BCUT2D eigenvalue weighted by Gasteiger charge is 2.42. The molecule has 2 aromatic carbocycles. The number of esters is 2. The van der Waals surface area contributed by atoms with Crippen molar-refractivity contribution in [3.8, 4) is 6.19 Å². The zero-order valence-corrected chi connectivity index (χ0v) is 26.6. The van der Waals surface area contributed by atoms with Crippen LogP contribution >= 0.6 is 0 Å². The topological polar surface area (TPSA) is 140 Å². The highest BCUT2D eigenvalue weighted by atomic mass is 19.4. The number of guanidine groups is 1. The SMILES string of the molecule is COC(=O)C1=C(C)N=C(C)C(C(=O)OC)C1c1cccc(NC(=NCCNC2CCN(c3ccccc3C(F)(F)F)CC2)NC#N)c1. The van der Waals surface area contributed by atoms with E-state index in [1.54, 1.807) is 49.1 Å². The predicted octanol–water partition coefficient (Wildman–Crippen LogP) is 4.60. The molecule has 0 saturated carbocycles. The van der Waals surface area contributed by atoms with Crippen LogP contribution in [0, 0.1) is 17.4 Å². The Bertz CT molecular complexity index is 1590. The van der Waals surface area contributed by atoms with Gasteiger partial charge in [0, 0.05) is 54.4 Å². The van der Waals surface area contributed by atoms with Crippen LogP contribution in [0.15, 0.2) is 69.8 Å². The van der Waals surface area contributed by atoms with Crippen LogP contribution in [-0.2, 0) is 25.2 Å². The summed E-state index contributed by atoms with van der Waals surface area (Å²) in [5.74, 6) is -2.53. The summed E-state index contributed by atoms with van der Waals surface area (Å²) in [6.45, 7) is 5.16. The lowest BCUT2D eigenvalue weighted by Crippen LogP contribution is -2.43. The number of para-hydroxylation sites is 1. The van der Waals surface area contributed by atoms with Crippen molar-refractivity contribution in [2.75, 3.05) is 50.6 Å². The number of alkyl halides is 3. The zero-order chi connectivity index (χ0) is 34.1. The molecule has 2 aliphatic rings. The second-order valence-electron chi connectivity index (χ2n) is 11.2. The lowest BCUT2D eigenvalue weighted by molar-refractivity contribution is -0.144. The van der Waals surface area contributed by atoms with Crippen molar-refractivity contribution in [2.45, 2.75) is 44.8 Å². The van der Waals surface area contributed by atoms with Gasteiger partial charge in [-0.1, -0.05) is 24.3 Å². The number of hydrogen-bond acceptors (Lipinski definition) is 9. The number of benzene rings is 2. The molecule has 0 radical (unpaired) electrons. The minimum Gasteiger partial charge on any atom is -0.468 e. The molecule has 3 N–H and O–H groups in total. The van der Waals surface area contributed by atoms with Gasteiger partial charge in [-0.25, -0.2) is 4.79 Å². The number of halogens is 3. The molecular weight excluding hydrogens is 615 g/mol. The van der Waals surface area contributed by atoms with Gasteiger partial charge < -0.3 is 25.0 Å². The van der Waals surface area contributed by atoms with Crippen LogP contribution < -0.4 is 20.9 Å². The number of nitriles is 1. The minimum atomic E-state index is -4.41. The molecule has 4 rings (SSSR count). The molecule has 1 saturated heterocycles. The van der Waals surface area contributed by atoms with Gasteiger partial charge >= 0.3 is 18.1 Å². The molecule has 0 spiro atoms. The van der Waals surface area contributed by atoms with Crippen molar-refractivity contribution in [2.24, 2.45) is 15.9 Å². The summed E-state index contributed by atoms with van der Waals surface area (Å²) in [7, 11) is 2.54. The van der Waals surface area contributed by atoms with Gasteiger partial charge in [-0.05, 0) is 56.5 Å². The Morgan fingerprint density at radius 2 is 1.81 bits per heavy atom. The molecule has 2 atom stereocenters. The Labute approximate surface area is 271 Å². The van der Waals surface area contributed by atoms with Crippen LogP contribution in [0.5, 0.6) is 0 Å². The maximum atomic E-state index is 13.5. The van der Waals surface area contributed by atoms with Gasteiger partial charge in [0.15, 0.2) is 6.19 Å². The molecule has 0 aliphatic carbocycles. The first kappa shape index (κ1) is 35.0. The number of ether oxygens (including phenoxy) is 2. The monoisotopic (exact) mass is 653 g/mol. The Balaban J connectivity index is 1.41. The van der Waals surface area contributed by atoms with Gasteiger partial charge in [0.2, 0.25) is 5.96 Å². The molecule has 2 aromatic rings. The van der Waals surface area contributed by atoms with Crippen molar-refractivity contribution in [1.82, 2.24) is 10.6 Å². The first-order valence-corrected chi connectivity index (χ1v) is 15.1. The van der Waals surface area contributed by atoms with E-state index in [0.29, 0.717) is 61.7 Å². The van der Waals surface area contributed by atoms with Crippen molar-refractivity contribution in [1.29, 1.82) is 5.26 Å². The standard InChI is InChI=1S/C33H38F3N7O4/c1-20-27(30(44)46-3)29(28(21(2)41-20)31(45)47-4)22-8-7-9-24(18-22)42-32(40-19-37)39-15-14-38-23-12-16-43(17-13-23)26-11-6-5-10-25(26)33(34,35)36/h5-11,18,23,27,29,38H,12-17H2,1-4H3,(H2,39,40,42). The lowest BCUT2D eigenvalue weighted by Gasteiger charge is -2.35. The summed E-state index contributed by atoms with van der Waals surface area (Å²) in [5, 5.41) is 18.4. The van der Waals surface area contributed by atoms with Gasteiger partial charge in [0.1, 0.15) is 5.92 Å². The van der Waals surface area contributed by atoms with E-state index in [0.717, 1.165) is 6.07 Å². The fourth-order valence-electron chi connectivity index (χ4n) is 6.06. The molecule has 0 amide bonds. The number of hydrogen-bond donors (Lipinski definition) is 3. The van der Waals surface area contributed by atoms with Gasteiger partial charge in [0.25, 0.3) is 0 Å². The van der Waals surface area contributed by atoms with E-state index in [1.165, 1.54) is 26.4 Å². The van der Waals surface area contributed by atoms with E-state index in [-0.39, 0.29) is 23.3 Å². The molecule has 2 unspecified atom stereocenters. The number of carbonyl (C=O) groups excluding carboxylic acids is 2. The normalized spacial score (nSPS) is 19.1. The quantitative estimate of drug-likeness (QED) is 0.0885. The molecule has 47 heavy (non-hydrogen) atoms. The first-order valence-electron chi connectivity index (χ1n) is 15.1. The average Bonchev–Trinajstić information content (AvgIpc) is 3.05. The summed E-state index contributed by atoms with van der Waals surface area (Å²) in [4.78, 5) is 36.4. The fourth-order valence-corrected chi connectivity index (χ4v) is 6.06. The number of aliphatic imine (C=N–C) groups is 2. The van der Waals surface area contributed by atoms with Crippen LogP contribution in [0.4, 0.5) is 24.5 Å². The highest BCUT2D eigenvalue weighted by molar-refractivity contribution is 6.07. The van der Waals surface area contributed by atoms with Gasteiger partial charge in [-0.2, -0.15) is 18.4 Å². The summed E-state index contributed by atoms with van der Waals surface area (Å²) in [6.07, 6.45) is -1.20. The number of carbonyl (C=O) groups is 2. The largest absolute Gasteiger partial charge is 0.468 e. The molecule has 1 fully saturated rings. The van der Waals surface area contributed by atoms with Crippen molar-refractivity contribution in [3.05, 3.63) is 70.9 Å². The molecule has 250 valence electrons. The van der Waals surface area contributed by atoms with Crippen molar-refractivity contribution >= 4 is 35.0 Å². The van der Waals surface area contributed by atoms with E-state index in [1.807, 2.05) is 6.19 Å². The van der Waals surface area contributed by atoms with E-state index in [2.05, 4.69) is 25.9 Å². The number of rotatable bonds is 9. The summed E-state index contributed by atoms with van der Waals surface area (Å²) < 4.78 is 50.5. The summed E-state index contributed by atoms with van der Waals surface area (Å²) in [6, 6.07) is 12.8. The smallest absolute Gasteiger partial charge is 0.418 e. The van der Waals surface area contributed by atoms with Gasteiger partial charge in [-0.15, -0.1) is 0 Å². The molecule has 2 aliphatic heterocycles. The molecular formula is C33H38F3N7O4. The van der Waals surface area contributed by atoms with E-state index < -0.39 is 35.5 Å². The number of piperidine rings is 1. The Morgan fingerprint density at radius 3 is 2.47 bits per heavy atom. The summed E-state index contributed by atoms with van der Waals surface area (Å²) >= 11 is 0. The molecule has 14 heteroatoms. The third-order valence-electron chi connectivity index (χ3n) is 8.23. The third-order valence-corrected chi connectivity index (χ3v) is 8.23. The number of methoxy groups -OCH3 is 2. The zero-order valence-electron chi connectivity index (χ0n) is 26.6. The molecule has 0 aromatic heterocycles. The van der Waals surface area contributed by atoms with Crippen LogP contribution in [0.25, 0.3) is 0 Å². The maximum Gasteiger partial charge on any atom is 0.418 e. The minimum absolute atomic E-state index is 0.113. The van der Waals surface area contributed by atoms with Crippen molar-refractivity contribution in [3.63, 3.8) is 0 Å². The number of nitrogens with zero attached hydrogens (tertiary/aromatic N) is 4. The Morgan fingerprint density at radius 1 is 1.09 bits per heavy atom. The van der Waals surface area contributed by atoms with Crippen LogP contribution in [-0.4, -0.2) is 70.1 Å². The molecule has 0 bridgehead atoms. The molecule has 11 nitrogen and oxygen atoms in total. The summed E-state index contributed by atoms with van der Waals surface area (Å²) in [5.41, 5.74) is 1.94. The Hall–Kier alpha value is -4.90. The molecule has 2 heterocycles. The Kier molecular flexibility index (Phi) is 11.6. The van der Waals surface area contributed by atoms with Crippen LogP contribution in [0.1, 0.15) is 43.7 Å². The highest BCUT2D eigenvalue weighted by Crippen LogP contribution is 2.41. The number of allylic oxidation sites excluding steroid dienone is 1. The van der Waals surface area contributed by atoms with E-state index >= 15 is 0 Å². The fraction of sp³-hybridized carbons (Fsp3) is 0.424. The van der Waals surface area contributed by atoms with E-state index in [9.17, 15) is 28.0 Å². The second kappa shape index (κ2) is 15.6. The lowest BCUT2D eigenvalue weighted by atomic mass is 9.75. The van der Waals surface area contributed by atoms with Gasteiger partial charge in [-0.3, -0.25) is 20.1 Å². The predicted molar refractivity (Wildman–Crippen MR) is 172 cm³/mol. The average molecular weight is 654 g/mol. The van der Waals surface area contributed by atoms with E-state index in [4.69, 9.17) is 9.47 Å². The number of anilines is 2. The maximum absolute atomic E-state index is 13.5. The van der Waals surface area contributed by atoms with Gasteiger partial charge in [0.05, 0.1) is 31.9 Å². The number of nitrogens with one attached hydrogen (secondary N) is 3. The first-order chi connectivity index (χ1) is 22.5. The third kappa shape index (κ3) is 8.48. The van der Waals surface area contributed by atoms with Crippen LogP contribution in [0.3, 0.4) is 0 Å².